The first-order valence-electron chi connectivity index (χ1n) is 15.0. The van der Waals surface area contributed by atoms with E-state index in [1.165, 1.54) is 11.1 Å². The smallest absolute Gasteiger partial charge is 0.251 e. The lowest BCUT2D eigenvalue weighted by Gasteiger charge is -2.37. The lowest BCUT2D eigenvalue weighted by atomic mass is 9.67. The van der Waals surface area contributed by atoms with E-state index >= 15 is 0 Å². The minimum absolute atomic E-state index is 0.0367. The number of amides is 1. The topological polar surface area (TPSA) is 122 Å². The molecule has 1 aromatic heterocycles. The summed E-state index contributed by atoms with van der Waals surface area (Å²) in [6, 6.07) is 14.9. The third-order valence-corrected chi connectivity index (χ3v) is 9.01. The molecule has 1 aliphatic carbocycles. The lowest BCUT2D eigenvalue weighted by Crippen LogP contribution is -2.42. The minimum Gasteiger partial charge on any atom is -0.388 e. The SMILES string of the molecule is C=C(NC)c1ccc2c(c1)CCc1cc(C(=O)NC)ccc1C2(C[C@@H](C)NCC(=C)N1CCCC1C#N)c1nnc(C)[nH]1. The number of aromatic nitrogens is 3. The van der Waals surface area contributed by atoms with E-state index in [1.807, 2.05) is 26.1 Å². The number of nitriles is 1. The van der Waals surface area contributed by atoms with Gasteiger partial charge >= 0.3 is 0 Å². The average molecular weight is 579 g/mol. The standard InChI is InChI=1S/C34H42N8O/c1-21(38-20-22(2)42-15-7-8-29(42)19-35)18-34(33-39-24(4)40-41-33)30-13-11-25(23(3)36-5)16-26(30)9-10-27-17-28(32(43)37-6)12-14-31(27)34/h11-14,16-17,21,29,36,38H,2-3,7-10,15,18,20H2,1,4-6H3,(H,37,43)(H,39,40,41)/t21-,29?,34?/m1/s1. The van der Waals surface area contributed by atoms with Crippen LogP contribution >= 0.6 is 0 Å². The zero-order chi connectivity index (χ0) is 30.7. The fourth-order valence-electron chi connectivity index (χ4n) is 6.78. The fraction of sp³-hybridized carbons (Fsp3) is 0.412. The zero-order valence-corrected chi connectivity index (χ0v) is 25.7. The predicted octanol–water partition coefficient (Wildman–Crippen LogP) is 3.97. The summed E-state index contributed by atoms with van der Waals surface area (Å²) in [4.78, 5) is 18.3. The highest BCUT2D eigenvalue weighted by atomic mass is 16.1. The molecule has 3 aromatic rings. The van der Waals surface area contributed by atoms with Gasteiger partial charge in [-0.1, -0.05) is 31.4 Å². The van der Waals surface area contributed by atoms with Gasteiger partial charge in [-0.05, 0) is 92.0 Å². The molecule has 9 nitrogen and oxygen atoms in total. The maximum Gasteiger partial charge on any atom is 0.251 e. The number of benzene rings is 2. The van der Waals surface area contributed by atoms with Gasteiger partial charge in [0.15, 0.2) is 0 Å². The van der Waals surface area contributed by atoms with E-state index in [1.54, 1.807) is 7.05 Å². The monoisotopic (exact) mass is 578 g/mol. The van der Waals surface area contributed by atoms with Crippen molar-refractivity contribution in [2.75, 3.05) is 27.2 Å². The summed E-state index contributed by atoms with van der Waals surface area (Å²) < 4.78 is 0. The van der Waals surface area contributed by atoms with Gasteiger partial charge in [0.25, 0.3) is 5.91 Å². The maximum atomic E-state index is 12.7. The molecular formula is C34H42N8O. The van der Waals surface area contributed by atoms with Crippen LogP contribution in [0.25, 0.3) is 5.70 Å². The first-order chi connectivity index (χ1) is 20.7. The number of H-pyrrole nitrogens is 1. The van der Waals surface area contributed by atoms with Crippen molar-refractivity contribution < 1.29 is 4.79 Å². The number of rotatable bonds is 10. The van der Waals surface area contributed by atoms with Gasteiger partial charge in [-0.2, -0.15) is 5.26 Å². The molecule has 2 heterocycles. The predicted molar refractivity (Wildman–Crippen MR) is 169 cm³/mol. The largest absolute Gasteiger partial charge is 0.388 e. The first-order valence-corrected chi connectivity index (χ1v) is 15.0. The molecule has 0 saturated carbocycles. The number of hydrogen-bond donors (Lipinski definition) is 4. The van der Waals surface area contributed by atoms with Crippen molar-refractivity contribution in [3.8, 4) is 6.07 Å². The lowest BCUT2D eigenvalue weighted by molar-refractivity contribution is 0.0963. The van der Waals surface area contributed by atoms with Gasteiger partial charge in [0, 0.05) is 50.2 Å². The highest BCUT2D eigenvalue weighted by molar-refractivity contribution is 5.94. The molecule has 5 rings (SSSR count). The zero-order valence-electron chi connectivity index (χ0n) is 25.7. The Labute approximate surface area is 254 Å². The van der Waals surface area contributed by atoms with Crippen LogP contribution in [0.5, 0.6) is 0 Å². The van der Waals surface area contributed by atoms with E-state index in [4.69, 9.17) is 5.10 Å². The van der Waals surface area contributed by atoms with Crippen molar-refractivity contribution in [3.05, 3.63) is 100 Å². The molecule has 2 unspecified atom stereocenters. The Kier molecular flexibility index (Phi) is 8.69. The quantitative estimate of drug-likeness (QED) is 0.287. The van der Waals surface area contributed by atoms with Gasteiger partial charge in [-0.3, -0.25) is 4.79 Å². The van der Waals surface area contributed by atoms with Crippen molar-refractivity contribution in [1.82, 2.24) is 36.0 Å². The van der Waals surface area contributed by atoms with E-state index in [2.05, 4.69) is 81.3 Å². The van der Waals surface area contributed by atoms with Gasteiger partial charge in [0.1, 0.15) is 17.7 Å². The second kappa shape index (κ2) is 12.4. The molecule has 1 saturated heterocycles. The van der Waals surface area contributed by atoms with E-state index in [9.17, 15) is 10.1 Å². The van der Waals surface area contributed by atoms with Crippen molar-refractivity contribution >= 4 is 11.6 Å². The summed E-state index contributed by atoms with van der Waals surface area (Å²) in [7, 11) is 3.54. The van der Waals surface area contributed by atoms with Crippen LogP contribution in [0.4, 0.5) is 0 Å². The highest BCUT2D eigenvalue weighted by Gasteiger charge is 2.45. The normalized spacial score (nSPS) is 19.9. The van der Waals surface area contributed by atoms with Crippen LogP contribution in [0.3, 0.4) is 0 Å². The number of fused-ring (bicyclic) bond motifs is 2. The number of carbonyl (C=O) groups excluding carboxylic acids is 1. The summed E-state index contributed by atoms with van der Waals surface area (Å²) in [6.07, 6.45) is 4.16. The van der Waals surface area contributed by atoms with Crippen LogP contribution in [-0.2, 0) is 18.3 Å². The number of nitrogens with one attached hydrogen (secondary N) is 4. The first kappa shape index (κ1) is 30.1. The molecule has 2 aromatic carbocycles. The highest BCUT2D eigenvalue weighted by Crippen LogP contribution is 2.47. The van der Waals surface area contributed by atoms with Crippen LogP contribution in [0.15, 0.2) is 55.3 Å². The molecule has 2 aliphatic rings. The number of nitrogens with zero attached hydrogens (tertiary/aromatic N) is 4. The molecule has 224 valence electrons. The molecular weight excluding hydrogens is 536 g/mol. The van der Waals surface area contributed by atoms with Gasteiger partial charge < -0.3 is 25.8 Å². The Morgan fingerprint density at radius 2 is 1.79 bits per heavy atom. The van der Waals surface area contributed by atoms with E-state index in [-0.39, 0.29) is 18.0 Å². The minimum atomic E-state index is -0.667. The molecule has 0 spiro atoms. The van der Waals surface area contributed by atoms with Gasteiger partial charge in [0.05, 0.1) is 11.5 Å². The number of aryl methyl sites for hydroxylation is 3. The van der Waals surface area contributed by atoms with Crippen LogP contribution in [0.2, 0.25) is 0 Å². The van der Waals surface area contributed by atoms with E-state index in [0.29, 0.717) is 18.5 Å². The molecule has 1 amide bonds. The molecule has 43 heavy (non-hydrogen) atoms. The summed E-state index contributed by atoms with van der Waals surface area (Å²) >= 11 is 0. The average Bonchev–Trinajstić information content (AvgIpc) is 3.67. The number of carbonyl (C=O) groups is 1. The van der Waals surface area contributed by atoms with Gasteiger partial charge in [0.2, 0.25) is 0 Å². The van der Waals surface area contributed by atoms with Crippen LogP contribution in [0.1, 0.15) is 76.0 Å². The number of hydrogen-bond acceptors (Lipinski definition) is 7. The second-order valence-corrected chi connectivity index (χ2v) is 11.7. The summed E-state index contributed by atoms with van der Waals surface area (Å²) in [5.74, 6) is 1.41. The number of likely N-dealkylation sites (tertiary alicyclic amines) is 1. The Morgan fingerprint density at radius 1 is 1.12 bits per heavy atom. The Balaban J connectivity index is 1.62. The molecule has 1 aliphatic heterocycles. The van der Waals surface area contributed by atoms with Gasteiger partial charge in [-0.15, -0.1) is 10.2 Å². The van der Waals surface area contributed by atoms with Crippen molar-refractivity contribution in [2.24, 2.45) is 0 Å². The van der Waals surface area contributed by atoms with Gasteiger partial charge in [-0.25, -0.2) is 0 Å². The molecule has 4 N–H and O–H groups in total. The Bertz CT molecular complexity index is 1510. The third kappa shape index (κ3) is 5.67. The van der Waals surface area contributed by atoms with E-state index in [0.717, 1.165) is 72.0 Å². The Morgan fingerprint density at radius 3 is 2.40 bits per heavy atom. The second-order valence-electron chi connectivity index (χ2n) is 11.7. The van der Waals surface area contributed by atoms with Crippen LogP contribution in [-0.4, -0.2) is 65.3 Å². The molecule has 1 fully saturated rings. The summed E-state index contributed by atoms with van der Waals surface area (Å²) in [5, 5.41) is 28.4. The van der Waals surface area contributed by atoms with Crippen LogP contribution < -0.4 is 16.0 Å². The van der Waals surface area contributed by atoms with Crippen molar-refractivity contribution in [2.45, 2.75) is 63.5 Å². The summed E-state index contributed by atoms with van der Waals surface area (Å²) in [6.45, 7) is 14.1. The fourth-order valence-corrected chi connectivity index (χ4v) is 6.78. The molecule has 3 atom stereocenters. The summed E-state index contributed by atoms with van der Waals surface area (Å²) in [5.41, 5.74) is 7.43. The molecule has 0 bridgehead atoms. The van der Waals surface area contributed by atoms with E-state index < -0.39 is 5.41 Å². The molecule has 9 heteroatoms. The Hall–Kier alpha value is -4.42. The van der Waals surface area contributed by atoms with Crippen molar-refractivity contribution in [3.63, 3.8) is 0 Å². The maximum absolute atomic E-state index is 12.7. The van der Waals surface area contributed by atoms with Crippen molar-refractivity contribution in [1.29, 1.82) is 5.26 Å². The van der Waals surface area contributed by atoms with Crippen LogP contribution in [0, 0.1) is 18.3 Å². The number of aromatic amines is 1. The third-order valence-electron chi connectivity index (χ3n) is 9.01. The molecule has 0 radical (unpaired) electrons.